The van der Waals surface area contributed by atoms with Crippen molar-refractivity contribution in [1.82, 2.24) is 0 Å². The second-order valence-electron chi connectivity index (χ2n) is 4.06. The molecule has 0 amide bonds. The molecule has 1 unspecified atom stereocenters. The van der Waals surface area contributed by atoms with Crippen molar-refractivity contribution in [1.29, 1.82) is 0 Å². The van der Waals surface area contributed by atoms with Gasteiger partial charge in [0.25, 0.3) is 0 Å². The molecule has 0 radical (unpaired) electrons. The quantitative estimate of drug-likeness (QED) is 0.832. The van der Waals surface area contributed by atoms with Crippen LogP contribution in [-0.4, -0.2) is 4.21 Å². The van der Waals surface area contributed by atoms with Gasteiger partial charge in [-0.05, 0) is 11.1 Å². The van der Waals surface area contributed by atoms with E-state index < -0.39 is 11.4 Å². The summed E-state index contributed by atoms with van der Waals surface area (Å²) in [5.41, 5.74) is 1.94. The molecule has 3 nitrogen and oxygen atoms in total. The summed E-state index contributed by atoms with van der Waals surface area (Å²) in [6, 6.07) is 19.4. The Balaban J connectivity index is 1.96. The molecule has 2 aromatic rings. The lowest BCUT2D eigenvalue weighted by atomic mass is 9.99. The van der Waals surface area contributed by atoms with Gasteiger partial charge in [-0.3, -0.25) is 8.37 Å². The predicted octanol–water partition coefficient (Wildman–Crippen LogP) is 3.09. The van der Waals surface area contributed by atoms with Crippen LogP contribution in [0.4, 0.5) is 0 Å². The van der Waals surface area contributed by atoms with Gasteiger partial charge in [-0.2, -0.15) is 4.21 Å². The molecule has 1 heterocycles. The normalized spacial score (nSPS) is 27.2. The van der Waals surface area contributed by atoms with Gasteiger partial charge < -0.3 is 0 Å². The summed E-state index contributed by atoms with van der Waals surface area (Å²) in [6.07, 6.45) is -0.649. The predicted molar refractivity (Wildman–Crippen MR) is 68.7 cm³/mol. The zero-order chi connectivity index (χ0) is 12.4. The van der Waals surface area contributed by atoms with Crippen LogP contribution in [0.2, 0.25) is 0 Å². The molecule has 3 atom stereocenters. The van der Waals surface area contributed by atoms with Gasteiger partial charge in [0.05, 0.1) is 0 Å². The average Bonchev–Trinajstić information content (AvgIpc) is 2.83. The highest BCUT2D eigenvalue weighted by Gasteiger charge is 2.37. The van der Waals surface area contributed by atoms with E-state index in [1.165, 1.54) is 0 Å². The topological polar surface area (TPSA) is 35.5 Å². The minimum absolute atomic E-state index is 0.325. The van der Waals surface area contributed by atoms with E-state index in [-0.39, 0.29) is 12.2 Å². The van der Waals surface area contributed by atoms with Crippen molar-refractivity contribution >= 4 is 11.4 Å². The van der Waals surface area contributed by atoms with Crippen molar-refractivity contribution in [3.63, 3.8) is 0 Å². The first-order valence-corrected chi connectivity index (χ1v) is 6.70. The summed E-state index contributed by atoms with van der Waals surface area (Å²) < 4.78 is 22.2. The molecule has 4 heteroatoms. The molecule has 0 saturated carbocycles. The van der Waals surface area contributed by atoms with Crippen molar-refractivity contribution in [2.24, 2.45) is 0 Å². The van der Waals surface area contributed by atoms with Crippen LogP contribution in [0.5, 0.6) is 0 Å². The monoisotopic (exact) mass is 260 g/mol. The average molecular weight is 260 g/mol. The molecule has 0 bridgehead atoms. The summed E-state index contributed by atoms with van der Waals surface area (Å²) in [7, 11) is 0. The second kappa shape index (κ2) is 5.02. The highest BCUT2D eigenvalue weighted by molar-refractivity contribution is 7.75. The Kier molecular flexibility index (Phi) is 3.23. The summed E-state index contributed by atoms with van der Waals surface area (Å²) in [4.78, 5) is 0. The summed E-state index contributed by atoms with van der Waals surface area (Å²) in [5.74, 6) is 0. The maximum absolute atomic E-state index is 11.5. The molecule has 0 N–H and O–H groups in total. The Hall–Kier alpha value is -1.49. The van der Waals surface area contributed by atoms with Crippen molar-refractivity contribution in [2.75, 3.05) is 0 Å². The lowest BCUT2D eigenvalue weighted by Gasteiger charge is -2.15. The molecule has 0 aromatic heterocycles. The molecule has 0 spiro atoms. The third-order valence-electron chi connectivity index (χ3n) is 2.90. The van der Waals surface area contributed by atoms with Gasteiger partial charge >= 0.3 is 11.4 Å². The number of rotatable bonds is 2. The van der Waals surface area contributed by atoms with Crippen LogP contribution in [0.25, 0.3) is 0 Å². The van der Waals surface area contributed by atoms with Gasteiger partial charge in [0, 0.05) is 0 Å². The van der Waals surface area contributed by atoms with Crippen molar-refractivity contribution in [2.45, 2.75) is 12.2 Å². The first-order valence-electron chi connectivity index (χ1n) is 5.70. The molecular formula is C14H12O3S. The van der Waals surface area contributed by atoms with Crippen LogP contribution in [-0.2, 0) is 19.7 Å². The van der Waals surface area contributed by atoms with Gasteiger partial charge in [0.15, 0.2) is 0 Å². The summed E-state index contributed by atoms with van der Waals surface area (Å²) >= 11 is -1.68. The Labute approximate surface area is 108 Å². The van der Waals surface area contributed by atoms with Crippen molar-refractivity contribution in [3.8, 4) is 0 Å². The van der Waals surface area contributed by atoms with Gasteiger partial charge in [-0.25, -0.2) is 0 Å². The lowest BCUT2D eigenvalue weighted by molar-refractivity contribution is 0.159. The van der Waals surface area contributed by atoms with E-state index >= 15 is 0 Å². The van der Waals surface area contributed by atoms with E-state index in [4.69, 9.17) is 8.37 Å². The van der Waals surface area contributed by atoms with E-state index in [1.807, 2.05) is 60.7 Å². The number of hydrogen-bond donors (Lipinski definition) is 0. The lowest BCUT2D eigenvalue weighted by Crippen LogP contribution is -2.06. The van der Waals surface area contributed by atoms with Crippen LogP contribution in [0.3, 0.4) is 0 Å². The number of hydrogen-bond acceptors (Lipinski definition) is 3. The first-order chi connectivity index (χ1) is 8.84. The van der Waals surface area contributed by atoms with Gasteiger partial charge in [-0.1, -0.05) is 60.7 Å². The van der Waals surface area contributed by atoms with E-state index in [2.05, 4.69) is 0 Å². The van der Waals surface area contributed by atoms with Gasteiger partial charge in [0.1, 0.15) is 12.2 Å². The van der Waals surface area contributed by atoms with Crippen molar-refractivity contribution in [3.05, 3.63) is 71.8 Å². The van der Waals surface area contributed by atoms with Crippen LogP contribution >= 0.6 is 0 Å². The van der Waals surface area contributed by atoms with Crippen LogP contribution in [0.15, 0.2) is 60.7 Å². The zero-order valence-electron chi connectivity index (χ0n) is 9.56. The third-order valence-corrected chi connectivity index (χ3v) is 3.62. The molecule has 1 saturated heterocycles. The highest BCUT2D eigenvalue weighted by Crippen LogP contribution is 2.41. The van der Waals surface area contributed by atoms with E-state index in [1.54, 1.807) is 0 Å². The van der Waals surface area contributed by atoms with Gasteiger partial charge in [-0.15, -0.1) is 0 Å². The number of benzene rings is 2. The second-order valence-corrected chi connectivity index (χ2v) is 4.85. The van der Waals surface area contributed by atoms with Crippen molar-refractivity contribution < 1.29 is 12.6 Å². The molecule has 1 aliphatic heterocycles. The largest absolute Gasteiger partial charge is 0.306 e. The van der Waals surface area contributed by atoms with E-state index in [0.717, 1.165) is 11.1 Å². The maximum Gasteiger partial charge on any atom is 0.306 e. The molecule has 92 valence electrons. The minimum Gasteiger partial charge on any atom is -0.257 e. The third kappa shape index (κ3) is 2.22. The molecule has 2 aromatic carbocycles. The van der Waals surface area contributed by atoms with Crippen LogP contribution in [0, 0.1) is 0 Å². The maximum atomic E-state index is 11.5. The fraction of sp³-hybridized carbons (Fsp3) is 0.143. The van der Waals surface area contributed by atoms with Gasteiger partial charge in [0.2, 0.25) is 0 Å². The van der Waals surface area contributed by atoms with Crippen LogP contribution < -0.4 is 0 Å². The molecule has 0 aliphatic carbocycles. The molecular weight excluding hydrogens is 248 g/mol. The Morgan fingerprint density at radius 2 is 1.11 bits per heavy atom. The smallest absolute Gasteiger partial charge is 0.257 e. The fourth-order valence-corrected chi connectivity index (χ4v) is 2.85. The molecule has 3 rings (SSSR count). The van der Waals surface area contributed by atoms with Crippen LogP contribution in [0.1, 0.15) is 23.3 Å². The fourth-order valence-electron chi connectivity index (χ4n) is 2.04. The summed E-state index contributed by atoms with van der Waals surface area (Å²) in [5, 5.41) is 0. The Bertz CT molecular complexity index is 492. The molecule has 18 heavy (non-hydrogen) atoms. The SMILES string of the molecule is O=S1O[C@H](c2ccccc2)[C@H](c2ccccc2)O1. The Morgan fingerprint density at radius 1 is 0.722 bits per heavy atom. The minimum atomic E-state index is -1.68. The zero-order valence-corrected chi connectivity index (χ0v) is 10.4. The highest BCUT2D eigenvalue weighted by atomic mass is 32.2. The standard InChI is InChI=1S/C14H12O3S/c15-18-16-13(11-7-3-1-4-8-11)14(17-18)12-9-5-2-6-10-12/h1-10,13-14H/t13-,14+,18?. The van der Waals surface area contributed by atoms with E-state index in [0.29, 0.717) is 0 Å². The molecule has 1 fully saturated rings. The summed E-state index contributed by atoms with van der Waals surface area (Å²) in [6.45, 7) is 0. The Morgan fingerprint density at radius 3 is 1.50 bits per heavy atom. The first kappa shape index (κ1) is 11.6. The molecule has 1 aliphatic rings. The van der Waals surface area contributed by atoms with E-state index in [9.17, 15) is 4.21 Å².